The van der Waals surface area contributed by atoms with Gasteiger partial charge in [0.25, 0.3) is 0 Å². The number of rotatable bonds is 6. The second kappa shape index (κ2) is 5.41. The summed E-state index contributed by atoms with van der Waals surface area (Å²) in [6.07, 6.45) is 5.48. The van der Waals surface area contributed by atoms with Crippen molar-refractivity contribution in [1.82, 2.24) is 4.90 Å². The predicted octanol–water partition coefficient (Wildman–Crippen LogP) is 3.06. The van der Waals surface area contributed by atoms with Crippen LogP contribution in [0.1, 0.15) is 39.5 Å². The Hall–Kier alpha value is 0.310. The van der Waals surface area contributed by atoms with Crippen LogP contribution >= 0.6 is 12.6 Å². The second-order valence-electron chi connectivity index (χ2n) is 5.22. The summed E-state index contributed by atoms with van der Waals surface area (Å²) < 4.78 is 0. The summed E-state index contributed by atoms with van der Waals surface area (Å²) in [6, 6.07) is 0. The summed E-state index contributed by atoms with van der Waals surface area (Å²) in [6.45, 7) is 7.10. The molecule has 0 spiro atoms. The van der Waals surface area contributed by atoms with E-state index in [0.717, 1.165) is 11.7 Å². The lowest BCUT2D eigenvalue weighted by atomic mass is 9.70. The normalized spacial score (nSPS) is 22.1. The number of nitrogens with zero attached hydrogens (tertiary/aromatic N) is 1. The van der Waals surface area contributed by atoms with Crippen molar-refractivity contribution in [2.45, 2.75) is 39.5 Å². The van der Waals surface area contributed by atoms with E-state index in [2.05, 4.69) is 38.4 Å². The zero-order valence-electron chi connectivity index (χ0n) is 9.92. The Labute approximate surface area is 94.7 Å². The van der Waals surface area contributed by atoms with E-state index in [1.54, 1.807) is 0 Å². The van der Waals surface area contributed by atoms with Crippen molar-refractivity contribution < 1.29 is 0 Å². The van der Waals surface area contributed by atoms with Gasteiger partial charge in [0.15, 0.2) is 0 Å². The van der Waals surface area contributed by atoms with Gasteiger partial charge in [-0.25, -0.2) is 0 Å². The van der Waals surface area contributed by atoms with E-state index in [4.69, 9.17) is 0 Å². The van der Waals surface area contributed by atoms with Crippen LogP contribution < -0.4 is 0 Å². The Balaban J connectivity index is 2.28. The van der Waals surface area contributed by atoms with Gasteiger partial charge in [-0.1, -0.05) is 26.7 Å². The van der Waals surface area contributed by atoms with Gasteiger partial charge in [0.05, 0.1) is 0 Å². The summed E-state index contributed by atoms with van der Waals surface area (Å²) >= 11 is 4.49. The highest BCUT2D eigenvalue weighted by Crippen LogP contribution is 2.42. The predicted molar refractivity (Wildman–Crippen MR) is 67.1 cm³/mol. The molecule has 14 heavy (non-hydrogen) atoms. The highest BCUT2D eigenvalue weighted by molar-refractivity contribution is 7.80. The van der Waals surface area contributed by atoms with Crippen molar-refractivity contribution in [3.8, 4) is 0 Å². The monoisotopic (exact) mass is 215 g/mol. The maximum Gasteiger partial charge on any atom is 0.00429 e. The van der Waals surface area contributed by atoms with Crippen molar-refractivity contribution in [2.24, 2.45) is 11.3 Å². The Morgan fingerprint density at radius 2 is 2.07 bits per heavy atom. The molecular formula is C12H25NS. The summed E-state index contributed by atoms with van der Waals surface area (Å²) in [5.74, 6) is 1.90. The third-order valence-corrected chi connectivity index (χ3v) is 4.35. The Kier molecular flexibility index (Phi) is 4.78. The molecule has 0 radical (unpaired) electrons. The molecular weight excluding hydrogens is 190 g/mol. The maximum atomic E-state index is 4.49. The minimum absolute atomic E-state index is 0.561. The van der Waals surface area contributed by atoms with Crippen LogP contribution in [-0.4, -0.2) is 30.8 Å². The van der Waals surface area contributed by atoms with Crippen LogP contribution in [0, 0.1) is 11.3 Å². The maximum absolute atomic E-state index is 4.49. The fourth-order valence-electron chi connectivity index (χ4n) is 2.34. The van der Waals surface area contributed by atoms with E-state index >= 15 is 0 Å². The van der Waals surface area contributed by atoms with Crippen LogP contribution in [0.3, 0.4) is 0 Å². The SMILES string of the molecule is CCC(C)CN(C)CC1(CS)CCC1. The topological polar surface area (TPSA) is 3.24 Å². The largest absolute Gasteiger partial charge is 0.306 e. The fraction of sp³-hybridized carbons (Fsp3) is 1.00. The molecule has 0 aliphatic heterocycles. The molecule has 1 fully saturated rings. The van der Waals surface area contributed by atoms with E-state index < -0.39 is 0 Å². The quantitative estimate of drug-likeness (QED) is 0.667. The molecule has 0 aromatic rings. The molecule has 0 aromatic carbocycles. The number of hydrogen-bond donors (Lipinski definition) is 1. The lowest BCUT2D eigenvalue weighted by molar-refractivity contribution is 0.0972. The molecule has 0 heterocycles. The molecule has 0 bridgehead atoms. The molecule has 1 unspecified atom stereocenters. The van der Waals surface area contributed by atoms with Crippen LogP contribution in [0.15, 0.2) is 0 Å². The molecule has 0 aromatic heterocycles. The summed E-state index contributed by atoms with van der Waals surface area (Å²) in [4.78, 5) is 2.50. The van der Waals surface area contributed by atoms with Crippen LogP contribution in [0.4, 0.5) is 0 Å². The molecule has 84 valence electrons. The Morgan fingerprint density at radius 3 is 2.43 bits per heavy atom. The average Bonchev–Trinajstić information content (AvgIpc) is 2.11. The van der Waals surface area contributed by atoms with Gasteiger partial charge in [0.1, 0.15) is 0 Å². The van der Waals surface area contributed by atoms with Crippen molar-refractivity contribution in [3.05, 3.63) is 0 Å². The molecule has 1 rings (SSSR count). The summed E-state index contributed by atoms with van der Waals surface area (Å²) in [5.41, 5.74) is 0.561. The second-order valence-corrected chi connectivity index (χ2v) is 5.54. The van der Waals surface area contributed by atoms with Crippen molar-refractivity contribution in [3.63, 3.8) is 0 Å². The standard InChI is InChI=1S/C12H25NS/c1-4-11(2)8-13(3)9-12(10-14)6-5-7-12/h11,14H,4-10H2,1-3H3. The minimum atomic E-state index is 0.561. The third-order valence-electron chi connectivity index (χ3n) is 3.68. The fourth-order valence-corrected chi connectivity index (χ4v) is 2.76. The van der Waals surface area contributed by atoms with Crippen LogP contribution in [0.2, 0.25) is 0 Å². The van der Waals surface area contributed by atoms with Crippen LogP contribution in [0.25, 0.3) is 0 Å². The molecule has 0 saturated heterocycles. The van der Waals surface area contributed by atoms with E-state index in [1.165, 1.54) is 38.8 Å². The third kappa shape index (κ3) is 3.16. The van der Waals surface area contributed by atoms with Gasteiger partial charge in [0, 0.05) is 13.1 Å². The van der Waals surface area contributed by atoms with Crippen molar-refractivity contribution in [1.29, 1.82) is 0 Å². The molecule has 1 nitrogen and oxygen atoms in total. The first kappa shape index (κ1) is 12.4. The Bertz CT molecular complexity index is 160. The van der Waals surface area contributed by atoms with Crippen molar-refractivity contribution in [2.75, 3.05) is 25.9 Å². The summed E-state index contributed by atoms with van der Waals surface area (Å²) in [5, 5.41) is 0. The van der Waals surface area contributed by atoms with Gasteiger partial charge in [-0.05, 0) is 37.0 Å². The first-order valence-electron chi connectivity index (χ1n) is 5.91. The van der Waals surface area contributed by atoms with E-state index in [0.29, 0.717) is 5.41 Å². The molecule has 1 saturated carbocycles. The van der Waals surface area contributed by atoms with Crippen LogP contribution in [-0.2, 0) is 0 Å². The molecule has 1 aliphatic carbocycles. The minimum Gasteiger partial charge on any atom is -0.306 e. The molecule has 2 heteroatoms. The zero-order valence-corrected chi connectivity index (χ0v) is 10.8. The number of hydrogen-bond acceptors (Lipinski definition) is 2. The van der Waals surface area contributed by atoms with Gasteiger partial charge in [0.2, 0.25) is 0 Å². The van der Waals surface area contributed by atoms with Gasteiger partial charge >= 0.3 is 0 Å². The van der Waals surface area contributed by atoms with Gasteiger partial charge in [-0.15, -0.1) is 0 Å². The smallest absolute Gasteiger partial charge is 0.00429 e. The first-order chi connectivity index (χ1) is 6.62. The lowest BCUT2D eigenvalue weighted by Crippen LogP contribution is -2.43. The summed E-state index contributed by atoms with van der Waals surface area (Å²) in [7, 11) is 2.26. The lowest BCUT2D eigenvalue weighted by Gasteiger charge is -2.43. The molecule has 1 atom stereocenters. The molecule has 0 amide bonds. The Morgan fingerprint density at radius 1 is 1.43 bits per heavy atom. The van der Waals surface area contributed by atoms with E-state index in [9.17, 15) is 0 Å². The van der Waals surface area contributed by atoms with Gasteiger partial charge in [-0.3, -0.25) is 0 Å². The first-order valence-corrected chi connectivity index (χ1v) is 6.54. The van der Waals surface area contributed by atoms with E-state index in [1.807, 2.05) is 0 Å². The zero-order chi connectivity index (χ0) is 10.6. The van der Waals surface area contributed by atoms with Gasteiger partial charge in [-0.2, -0.15) is 12.6 Å². The van der Waals surface area contributed by atoms with E-state index in [-0.39, 0.29) is 0 Å². The molecule has 0 N–H and O–H groups in total. The molecule has 1 aliphatic rings. The number of thiol groups is 1. The van der Waals surface area contributed by atoms with Gasteiger partial charge < -0.3 is 4.90 Å². The van der Waals surface area contributed by atoms with Crippen molar-refractivity contribution >= 4 is 12.6 Å². The average molecular weight is 215 g/mol. The van der Waals surface area contributed by atoms with Crippen LogP contribution in [0.5, 0.6) is 0 Å². The highest BCUT2D eigenvalue weighted by Gasteiger charge is 2.36. The highest BCUT2D eigenvalue weighted by atomic mass is 32.1.